The molecule has 0 aliphatic heterocycles. The number of hydrogen-bond acceptors (Lipinski definition) is 2. The zero-order valence-corrected chi connectivity index (χ0v) is 13.5. The van der Waals surface area contributed by atoms with Crippen molar-refractivity contribution in [1.29, 1.82) is 0 Å². The molecule has 1 aromatic carbocycles. The first-order valence-electron chi connectivity index (χ1n) is 7.24. The third-order valence-corrected chi connectivity index (χ3v) is 4.20. The second-order valence-electron chi connectivity index (χ2n) is 5.20. The lowest BCUT2D eigenvalue weighted by atomic mass is 9.93. The molecule has 0 aliphatic rings. The lowest BCUT2D eigenvalue weighted by Crippen LogP contribution is -2.26. The number of halogens is 1. The van der Waals surface area contributed by atoms with Gasteiger partial charge >= 0.3 is 0 Å². The molecule has 2 aromatic rings. The summed E-state index contributed by atoms with van der Waals surface area (Å²) in [7, 11) is 0. The maximum Gasteiger partial charge on any atom is 0.0934 e. The third-order valence-electron chi connectivity index (χ3n) is 3.43. The number of furan rings is 1. The van der Waals surface area contributed by atoms with Gasteiger partial charge in [-0.25, -0.2) is 0 Å². The first-order chi connectivity index (χ1) is 9.79. The molecule has 0 radical (unpaired) electrons. The highest BCUT2D eigenvalue weighted by atomic mass is 79.9. The van der Waals surface area contributed by atoms with Gasteiger partial charge in [0.15, 0.2) is 0 Å². The van der Waals surface area contributed by atoms with Crippen LogP contribution in [0.5, 0.6) is 0 Å². The van der Waals surface area contributed by atoms with Crippen LogP contribution in [0, 0.1) is 5.92 Å². The van der Waals surface area contributed by atoms with Gasteiger partial charge in [-0.3, -0.25) is 0 Å². The number of benzene rings is 1. The Morgan fingerprint density at radius 2 is 2.05 bits per heavy atom. The Bertz CT molecular complexity index is 495. The zero-order chi connectivity index (χ0) is 14.2. The Kier molecular flexibility index (Phi) is 6.34. The maximum absolute atomic E-state index is 5.19. The van der Waals surface area contributed by atoms with Gasteiger partial charge in [0.2, 0.25) is 0 Å². The summed E-state index contributed by atoms with van der Waals surface area (Å²) in [6, 6.07) is 10.5. The summed E-state index contributed by atoms with van der Waals surface area (Å²) in [5.74, 6) is 0.581. The van der Waals surface area contributed by atoms with Gasteiger partial charge in [0.05, 0.1) is 12.5 Å². The summed E-state index contributed by atoms with van der Waals surface area (Å²) in [5.41, 5.74) is 2.65. The molecule has 1 unspecified atom stereocenters. The van der Waals surface area contributed by atoms with Crippen LogP contribution in [0.2, 0.25) is 0 Å². The van der Waals surface area contributed by atoms with Crippen LogP contribution in [0.1, 0.15) is 24.5 Å². The van der Waals surface area contributed by atoms with Gasteiger partial charge in [-0.15, -0.1) is 0 Å². The van der Waals surface area contributed by atoms with E-state index in [2.05, 4.69) is 58.5 Å². The van der Waals surface area contributed by atoms with Gasteiger partial charge < -0.3 is 9.73 Å². The smallest absolute Gasteiger partial charge is 0.0934 e. The Morgan fingerprint density at radius 3 is 2.75 bits per heavy atom. The van der Waals surface area contributed by atoms with Gasteiger partial charge in [0.25, 0.3) is 0 Å². The molecule has 0 bridgehead atoms. The van der Waals surface area contributed by atoms with Crippen molar-refractivity contribution in [3.63, 3.8) is 0 Å². The Labute approximate surface area is 129 Å². The highest BCUT2D eigenvalue weighted by Gasteiger charge is 2.13. The van der Waals surface area contributed by atoms with Crippen molar-refractivity contribution < 1.29 is 4.42 Å². The molecule has 0 spiro atoms. The second kappa shape index (κ2) is 8.28. The minimum Gasteiger partial charge on any atom is -0.472 e. The summed E-state index contributed by atoms with van der Waals surface area (Å²) >= 11 is 3.65. The van der Waals surface area contributed by atoms with Gasteiger partial charge in [-0.1, -0.05) is 41.1 Å². The molecule has 0 amide bonds. The van der Waals surface area contributed by atoms with E-state index < -0.39 is 0 Å². The molecule has 20 heavy (non-hydrogen) atoms. The highest BCUT2D eigenvalue weighted by Crippen LogP contribution is 2.21. The van der Waals surface area contributed by atoms with Crippen molar-refractivity contribution in [2.24, 2.45) is 5.92 Å². The van der Waals surface area contributed by atoms with Crippen molar-refractivity contribution in [3.05, 3.63) is 58.5 Å². The minimum absolute atomic E-state index is 0.581. The first-order valence-corrected chi connectivity index (χ1v) is 8.04. The minimum atomic E-state index is 0.581. The molecule has 3 heteroatoms. The summed E-state index contributed by atoms with van der Waals surface area (Å²) in [4.78, 5) is 0. The van der Waals surface area contributed by atoms with E-state index in [-0.39, 0.29) is 0 Å². The maximum atomic E-state index is 5.19. The van der Waals surface area contributed by atoms with Crippen molar-refractivity contribution in [3.8, 4) is 0 Å². The summed E-state index contributed by atoms with van der Waals surface area (Å²) < 4.78 is 6.39. The molecular formula is C17H22BrNO. The van der Waals surface area contributed by atoms with Crippen molar-refractivity contribution >= 4 is 15.9 Å². The van der Waals surface area contributed by atoms with Crippen LogP contribution in [-0.4, -0.2) is 13.1 Å². The van der Waals surface area contributed by atoms with Gasteiger partial charge in [0.1, 0.15) is 0 Å². The van der Waals surface area contributed by atoms with Crippen molar-refractivity contribution in [2.45, 2.75) is 26.2 Å². The van der Waals surface area contributed by atoms with E-state index in [0.29, 0.717) is 5.92 Å². The standard InChI is InChI=1S/C17H22BrNO/c1-2-8-19-12-15(10-14-7-9-20-13-14)11-16-5-3-4-6-17(16)18/h3-7,9,13,15,19H,2,8,10-12H2,1H3. The fraction of sp³-hybridized carbons (Fsp3) is 0.412. The molecule has 0 saturated heterocycles. The quantitative estimate of drug-likeness (QED) is 0.721. The predicted molar refractivity (Wildman–Crippen MR) is 86.9 cm³/mol. The molecule has 1 heterocycles. The van der Waals surface area contributed by atoms with Gasteiger partial charge in [0, 0.05) is 4.47 Å². The average Bonchev–Trinajstić information content (AvgIpc) is 2.94. The van der Waals surface area contributed by atoms with E-state index in [1.165, 1.54) is 22.0 Å². The molecule has 2 nitrogen and oxygen atoms in total. The van der Waals surface area contributed by atoms with E-state index in [4.69, 9.17) is 4.42 Å². The van der Waals surface area contributed by atoms with Crippen LogP contribution in [0.3, 0.4) is 0 Å². The molecule has 1 N–H and O–H groups in total. The van der Waals surface area contributed by atoms with Crippen LogP contribution < -0.4 is 5.32 Å². The molecule has 108 valence electrons. The lowest BCUT2D eigenvalue weighted by molar-refractivity contribution is 0.467. The summed E-state index contributed by atoms with van der Waals surface area (Å²) in [5, 5.41) is 3.54. The monoisotopic (exact) mass is 335 g/mol. The Balaban J connectivity index is 1.99. The molecular weight excluding hydrogens is 314 g/mol. The largest absolute Gasteiger partial charge is 0.472 e. The van der Waals surface area contributed by atoms with Gasteiger partial charge in [-0.05, 0) is 61.5 Å². The first kappa shape index (κ1) is 15.3. The lowest BCUT2D eigenvalue weighted by Gasteiger charge is -2.18. The molecule has 0 saturated carbocycles. The molecule has 0 fully saturated rings. The van der Waals surface area contributed by atoms with Crippen molar-refractivity contribution in [2.75, 3.05) is 13.1 Å². The van der Waals surface area contributed by atoms with Crippen LogP contribution in [-0.2, 0) is 12.8 Å². The zero-order valence-electron chi connectivity index (χ0n) is 11.9. The Hall–Kier alpha value is -1.06. The Morgan fingerprint density at radius 1 is 1.20 bits per heavy atom. The number of nitrogens with one attached hydrogen (secondary N) is 1. The van der Waals surface area contributed by atoms with E-state index in [1.807, 2.05) is 6.26 Å². The van der Waals surface area contributed by atoms with Crippen molar-refractivity contribution in [1.82, 2.24) is 5.32 Å². The molecule has 0 aliphatic carbocycles. The van der Waals surface area contributed by atoms with E-state index in [9.17, 15) is 0 Å². The predicted octanol–water partition coefficient (Wildman–Crippen LogP) is 4.44. The number of rotatable bonds is 8. The van der Waals surface area contributed by atoms with Crippen LogP contribution in [0.4, 0.5) is 0 Å². The molecule has 1 aromatic heterocycles. The topological polar surface area (TPSA) is 25.2 Å². The van der Waals surface area contributed by atoms with Gasteiger partial charge in [-0.2, -0.15) is 0 Å². The van der Waals surface area contributed by atoms with Crippen LogP contribution in [0.15, 0.2) is 51.7 Å². The highest BCUT2D eigenvalue weighted by molar-refractivity contribution is 9.10. The third kappa shape index (κ3) is 4.80. The number of hydrogen-bond donors (Lipinski definition) is 1. The molecule has 1 atom stereocenters. The molecule has 2 rings (SSSR count). The fourth-order valence-corrected chi connectivity index (χ4v) is 2.86. The van der Waals surface area contributed by atoms with Crippen LogP contribution in [0.25, 0.3) is 0 Å². The SMILES string of the molecule is CCCNCC(Cc1ccoc1)Cc1ccccc1Br. The fourth-order valence-electron chi connectivity index (χ4n) is 2.42. The van der Waals surface area contributed by atoms with Crippen LogP contribution >= 0.6 is 15.9 Å². The summed E-state index contributed by atoms with van der Waals surface area (Å²) in [6.45, 7) is 4.32. The summed E-state index contributed by atoms with van der Waals surface area (Å²) in [6.07, 6.45) is 6.91. The van der Waals surface area contributed by atoms with E-state index >= 15 is 0 Å². The van der Waals surface area contributed by atoms with E-state index in [0.717, 1.165) is 25.9 Å². The normalized spacial score (nSPS) is 12.5. The second-order valence-corrected chi connectivity index (χ2v) is 6.06. The average molecular weight is 336 g/mol. The van der Waals surface area contributed by atoms with E-state index in [1.54, 1.807) is 6.26 Å².